The highest BCUT2D eigenvalue weighted by atomic mass is 16.1. The minimum absolute atomic E-state index is 0.201. The number of aromatic nitrogens is 3. The van der Waals surface area contributed by atoms with Crippen LogP contribution in [0, 0.1) is 5.92 Å². The number of nitrogens with zero attached hydrogens (tertiary/aromatic N) is 3. The summed E-state index contributed by atoms with van der Waals surface area (Å²) in [6.45, 7) is 0.795. The van der Waals surface area contributed by atoms with Crippen LogP contribution in [-0.2, 0) is 24.2 Å². The van der Waals surface area contributed by atoms with Crippen LogP contribution in [0.15, 0.2) is 30.3 Å². The number of fused-ring (bicyclic) bond motifs is 1. The normalized spacial score (nSPS) is 20.9. The molecule has 5 nitrogen and oxygen atoms in total. The molecule has 1 saturated carbocycles. The molecule has 2 heterocycles. The van der Waals surface area contributed by atoms with Crippen molar-refractivity contribution in [2.24, 2.45) is 5.92 Å². The molecular weight excluding hydrogens is 312 g/mol. The first kappa shape index (κ1) is 16.3. The van der Waals surface area contributed by atoms with Crippen LogP contribution in [0.25, 0.3) is 0 Å². The largest absolute Gasteiger partial charge is 0.351 e. The van der Waals surface area contributed by atoms with E-state index in [2.05, 4.69) is 44.3 Å². The van der Waals surface area contributed by atoms with Gasteiger partial charge in [-0.15, -0.1) is 10.2 Å². The van der Waals surface area contributed by atoms with Crippen molar-refractivity contribution in [3.8, 4) is 0 Å². The van der Waals surface area contributed by atoms with Gasteiger partial charge in [-0.1, -0.05) is 49.6 Å². The quantitative estimate of drug-likeness (QED) is 0.932. The molecule has 1 aliphatic heterocycles. The van der Waals surface area contributed by atoms with E-state index in [1.165, 1.54) is 24.8 Å². The summed E-state index contributed by atoms with van der Waals surface area (Å²) in [6, 6.07) is 10.6. The minimum Gasteiger partial charge on any atom is -0.351 e. The van der Waals surface area contributed by atoms with Crippen molar-refractivity contribution in [1.82, 2.24) is 20.1 Å². The number of benzene rings is 1. The Balaban J connectivity index is 1.41. The van der Waals surface area contributed by atoms with Gasteiger partial charge >= 0.3 is 0 Å². The van der Waals surface area contributed by atoms with Gasteiger partial charge in [0.1, 0.15) is 11.6 Å². The SMILES string of the molecule is O=C(N[C@H]1CCc2nnc(Cc3ccccc3)n2C1)C1CCCCC1. The van der Waals surface area contributed by atoms with E-state index in [1.54, 1.807) is 0 Å². The Morgan fingerprint density at radius 1 is 1.08 bits per heavy atom. The number of hydrogen-bond acceptors (Lipinski definition) is 3. The second kappa shape index (κ2) is 7.38. The van der Waals surface area contributed by atoms with Crippen molar-refractivity contribution < 1.29 is 4.79 Å². The zero-order valence-corrected chi connectivity index (χ0v) is 14.7. The van der Waals surface area contributed by atoms with Crippen LogP contribution in [0.1, 0.15) is 55.7 Å². The molecule has 2 aromatic rings. The van der Waals surface area contributed by atoms with Crippen molar-refractivity contribution in [1.29, 1.82) is 0 Å². The molecule has 0 spiro atoms. The summed E-state index contributed by atoms with van der Waals surface area (Å²) in [5.74, 6) is 2.53. The molecular formula is C20H26N4O. The summed E-state index contributed by atoms with van der Waals surface area (Å²) in [6.07, 6.45) is 8.40. The summed E-state index contributed by atoms with van der Waals surface area (Å²) in [5.41, 5.74) is 1.24. The van der Waals surface area contributed by atoms with Crippen LogP contribution in [0.2, 0.25) is 0 Å². The Kier molecular flexibility index (Phi) is 4.81. The highest BCUT2D eigenvalue weighted by Gasteiger charge is 2.27. The fourth-order valence-electron chi connectivity index (χ4n) is 4.09. The molecule has 25 heavy (non-hydrogen) atoms. The van der Waals surface area contributed by atoms with E-state index in [1.807, 2.05) is 6.07 Å². The second-order valence-electron chi connectivity index (χ2n) is 7.38. The fraction of sp³-hybridized carbons (Fsp3) is 0.550. The van der Waals surface area contributed by atoms with Gasteiger partial charge in [0.2, 0.25) is 5.91 Å². The topological polar surface area (TPSA) is 59.8 Å². The number of rotatable bonds is 4. The summed E-state index contributed by atoms with van der Waals surface area (Å²) < 4.78 is 2.21. The number of nitrogens with one attached hydrogen (secondary N) is 1. The van der Waals surface area contributed by atoms with Gasteiger partial charge in [0, 0.05) is 31.3 Å². The maximum Gasteiger partial charge on any atom is 0.223 e. The maximum absolute atomic E-state index is 12.5. The molecule has 1 amide bonds. The van der Waals surface area contributed by atoms with Crippen molar-refractivity contribution in [2.45, 2.75) is 64.0 Å². The molecule has 5 heteroatoms. The van der Waals surface area contributed by atoms with Crippen molar-refractivity contribution >= 4 is 5.91 Å². The minimum atomic E-state index is 0.201. The Morgan fingerprint density at radius 2 is 1.88 bits per heavy atom. The van der Waals surface area contributed by atoms with Crippen molar-refractivity contribution in [2.75, 3.05) is 0 Å². The first-order valence-electron chi connectivity index (χ1n) is 9.55. The molecule has 0 bridgehead atoms. The van der Waals surface area contributed by atoms with E-state index in [0.29, 0.717) is 0 Å². The first-order valence-corrected chi connectivity index (χ1v) is 9.55. The monoisotopic (exact) mass is 338 g/mol. The molecule has 2 aliphatic rings. The third-order valence-corrected chi connectivity index (χ3v) is 5.55. The van der Waals surface area contributed by atoms with E-state index in [4.69, 9.17) is 0 Å². The van der Waals surface area contributed by atoms with Gasteiger partial charge in [-0.2, -0.15) is 0 Å². The first-order chi connectivity index (χ1) is 12.3. The standard InChI is InChI=1S/C20H26N4O/c25-20(16-9-5-2-6-10-16)21-17-11-12-18-22-23-19(24(18)14-17)13-15-7-3-1-4-8-15/h1,3-4,7-8,16-17H,2,5-6,9-14H2,(H,21,25)/t17-/m0/s1. The number of carbonyl (C=O) groups excluding carboxylic acids is 1. The lowest BCUT2D eigenvalue weighted by Gasteiger charge is -2.28. The Labute approximate surface area is 148 Å². The Morgan fingerprint density at radius 3 is 2.68 bits per heavy atom. The summed E-state index contributed by atoms with van der Waals surface area (Å²) in [5, 5.41) is 12.0. The lowest BCUT2D eigenvalue weighted by molar-refractivity contribution is -0.126. The smallest absolute Gasteiger partial charge is 0.223 e. The van der Waals surface area contributed by atoms with Gasteiger partial charge in [-0.3, -0.25) is 4.79 Å². The van der Waals surface area contributed by atoms with Crippen molar-refractivity contribution in [3.63, 3.8) is 0 Å². The van der Waals surface area contributed by atoms with Gasteiger partial charge in [-0.05, 0) is 24.8 Å². The molecule has 132 valence electrons. The van der Waals surface area contributed by atoms with Crippen LogP contribution < -0.4 is 5.32 Å². The molecule has 0 radical (unpaired) electrons. The van der Waals surface area contributed by atoms with Crippen LogP contribution in [0.4, 0.5) is 0 Å². The van der Waals surface area contributed by atoms with E-state index < -0.39 is 0 Å². The third-order valence-electron chi connectivity index (χ3n) is 5.55. The molecule has 1 N–H and O–H groups in total. The molecule has 1 atom stereocenters. The third kappa shape index (κ3) is 3.75. The molecule has 1 aliphatic carbocycles. The van der Waals surface area contributed by atoms with Crippen LogP contribution in [-0.4, -0.2) is 26.7 Å². The van der Waals surface area contributed by atoms with E-state index in [9.17, 15) is 4.79 Å². The lowest BCUT2D eigenvalue weighted by Crippen LogP contribution is -2.44. The van der Waals surface area contributed by atoms with Gasteiger partial charge < -0.3 is 9.88 Å². The molecule has 1 fully saturated rings. The molecule has 0 saturated heterocycles. The summed E-state index contributed by atoms with van der Waals surface area (Å²) in [7, 11) is 0. The second-order valence-corrected chi connectivity index (χ2v) is 7.38. The number of aryl methyl sites for hydroxylation is 1. The molecule has 0 unspecified atom stereocenters. The maximum atomic E-state index is 12.5. The summed E-state index contributed by atoms with van der Waals surface area (Å²) in [4.78, 5) is 12.5. The average Bonchev–Trinajstić information content (AvgIpc) is 3.05. The highest BCUT2D eigenvalue weighted by Crippen LogP contribution is 2.24. The van der Waals surface area contributed by atoms with E-state index >= 15 is 0 Å². The average molecular weight is 338 g/mol. The van der Waals surface area contributed by atoms with Gasteiger partial charge in [0.25, 0.3) is 0 Å². The zero-order valence-electron chi connectivity index (χ0n) is 14.7. The zero-order chi connectivity index (χ0) is 17.1. The van der Waals surface area contributed by atoms with Gasteiger partial charge in [0.15, 0.2) is 0 Å². The van der Waals surface area contributed by atoms with Crippen LogP contribution in [0.5, 0.6) is 0 Å². The number of carbonyl (C=O) groups is 1. The van der Waals surface area contributed by atoms with Crippen molar-refractivity contribution in [3.05, 3.63) is 47.5 Å². The summed E-state index contributed by atoms with van der Waals surface area (Å²) >= 11 is 0. The molecule has 1 aromatic heterocycles. The van der Waals surface area contributed by atoms with Crippen LogP contribution >= 0.6 is 0 Å². The van der Waals surface area contributed by atoms with E-state index in [0.717, 1.165) is 50.3 Å². The number of hydrogen-bond donors (Lipinski definition) is 1. The van der Waals surface area contributed by atoms with Gasteiger partial charge in [-0.25, -0.2) is 0 Å². The Hall–Kier alpha value is -2.17. The highest BCUT2D eigenvalue weighted by molar-refractivity contribution is 5.79. The van der Waals surface area contributed by atoms with E-state index in [-0.39, 0.29) is 17.9 Å². The predicted molar refractivity (Wildman–Crippen MR) is 96.1 cm³/mol. The lowest BCUT2D eigenvalue weighted by atomic mass is 9.88. The molecule has 1 aromatic carbocycles. The Bertz CT molecular complexity index is 719. The van der Waals surface area contributed by atoms with Gasteiger partial charge in [0.05, 0.1) is 0 Å². The fourth-order valence-corrected chi connectivity index (χ4v) is 4.09. The predicted octanol–water partition coefficient (Wildman–Crippen LogP) is 2.88. The van der Waals surface area contributed by atoms with Crippen LogP contribution in [0.3, 0.4) is 0 Å². The molecule has 4 rings (SSSR count). The number of amides is 1.